The van der Waals surface area contributed by atoms with Gasteiger partial charge >= 0.3 is 11.8 Å². The second kappa shape index (κ2) is 7.45. The molecule has 0 saturated carbocycles. The van der Waals surface area contributed by atoms with E-state index in [2.05, 4.69) is 10.6 Å². The number of ether oxygens (including phenoxy) is 1. The van der Waals surface area contributed by atoms with Gasteiger partial charge in [-0.15, -0.1) is 0 Å². The van der Waals surface area contributed by atoms with Crippen LogP contribution in [0.25, 0.3) is 10.8 Å². The van der Waals surface area contributed by atoms with Gasteiger partial charge in [-0.2, -0.15) is 0 Å². The van der Waals surface area contributed by atoms with E-state index in [4.69, 9.17) is 16.3 Å². The maximum atomic E-state index is 12.2. The molecule has 0 bridgehead atoms. The highest BCUT2D eigenvalue weighted by Gasteiger charge is 2.17. The van der Waals surface area contributed by atoms with Crippen LogP contribution in [0, 0.1) is 6.92 Å². The van der Waals surface area contributed by atoms with Crippen LogP contribution in [-0.4, -0.2) is 18.9 Å². The van der Waals surface area contributed by atoms with Crippen LogP contribution in [0.3, 0.4) is 0 Å². The molecular formula is C20H17ClN2O3. The van der Waals surface area contributed by atoms with Crippen molar-refractivity contribution >= 4 is 45.6 Å². The van der Waals surface area contributed by atoms with Crippen molar-refractivity contribution < 1.29 is 14.3 Å². The lowest BCUT2D eigenvalue weighted by Crippen LogP contribution is -2.29. The van der Waals surface area contributed by atoms with Crippen LogP contribution in [0.5, 0.6) is 5.75 Å². The lowest BCUT2D eigenvalue weighted by atomic mass is 10.1. The zero-order chi connectivity index (χ0) is 18.7. The van der Waals surface area contributed by atoms with E-state index in [1.54, 1.807) is 25.1 Å². The fourth-order valence-electron chi connectivity index (χ4n) is 2.56. The second-order valence-electron chi connectivity index (χ2n) is 5.77. The number of aryl methyl sites for hydroxylation is 1. The highest BCUT2D eigenvalue weighted by Crippen LogP contribution is 2.31. The average Bonchev–Trinajstić information content (AvgIpc) is 2.64. The quantitative estimate of drug-likeness (QED) is 0.674. The normalized spacial score (nSPS) is 10.4. The van der Waals surface area contributed by atoms with E-state index in [0.29, 0.717) is 22.1 Å². The van der Waals surface area contributed by atoms with Crippen LogP contribution in [0.1, 0.15) is 5.56 Å². The molecule has 0 heterocycles. The molecule has 0 fully saturated rings. The van der Waals surface area contributed by atoms with Crippen molar-refractivity contribution in [3.63, 3.8) is 0 Å². The zero-order valence-corrected chi connectivity index (χ0v) is 15.1. The van der Waals surface area contributed by atoms with Crippen molar-refractivity contribution in [2.45, 2.75) is 6.92 Å². The van der Waals surface area contributed by atoms with Crippen molar-refractivity contribution in [2.24, 2.45) is 0 Å². The first-order valence-electron chi connectivity index (χ1n) is 7.93. The third-order valence-electron chi connectivity index (χ3n) is 3.94. The number of nitrogens with one attached hydrogen (secondary N) is 2. The Hall–Kier alpha value is -3.05. The highest BCUT2D eigenvalue weighted by molar-refractivity contribution is 6.44. The molecule has 6 heteroatoms. The SMILES string of the molecule is COc1cc(Cl)c(C)cc1NC(=O)C(=O)Nc1ccc2ccccc2c1. The maximum Gasteiger partial charge on any atom is 0.314 e. The molecule has 0 aromatic heterocycles. The van der Waals surface area contributed by atoms with Gasteiger partial charge in [-0.3, -0.25) is 9.59 Å². The molecule has 0 aliphatic rings. The summed E-state index contributed by atoms with van der Waals surface area (Å²) in [4.78, 5) is 24.4. The number of fused-ring (bicyclic) bond motifs is 1. The van der Waals surface area contributed by atoms with Gasteiger partial charge in [0.15, 0.2) is 0 Å². The number of amides is 2. The van der Waals surface area contributed by atoms with Crippen molar-refractivity contribution in [3.05, 3.63) is 65.2 Å². The summed E-state index contributed by atoms with van der Waals surface area (Å²) in [7, 11) is 1.46. The summed E-state index contributed by atoms with van der Waals surface area (Å²) in [6.45, 7) is 1.80. The predicted octanol–water partition coefficient (Wildman–Crippen LogP) is 4.39. The van der Waals surface area contributed by atoms with Gasteiger partial charge in [0.05, 0.1) is 12.8 Å². The lowest BCUT2D eigenvalue weighted by Gasteiger charge is -2.12. The van der Waals surface area contributed by atoms with E-state index in [1.165, 1.54) is 7.11 Å². The predicted molar refractivity (Wildman–Crippen MR) is 104 cm³/mol. The van der Waals surface area contributed by atoms with Crippen LogP contribution in [0.4, 0.5) is 11.4 Å². The average molecular weight is 369 g/mol. The molecule has 0 atom stereocenters. The van der Waals surface area contributed by atoms with Crippen LogP contribution in [-0.2, 0) is 9.59 Å². The lowest BCUT2D eigenvalue weighted by molar-refractivity contribution is -0.133. The Morgan fingerprint density at radius 3 is 2.35 bits per heavy atom. The number of rotatable bonds is 3. The number of carbonyl (C=O) groups excluding carboxylic acids is 2. The van der Waals surface area contributed by atoms with Crippen molar-refractivity contribution in [1.29, 1.82) is 0 Å². The minimum atomic E-state index is -0.793. The molecule has 3 rings (SSSR count). The second-order valence-corrected chi connectivity index (χ2v) is 6.18. The molecule has 3 aromatic carbocycles. The Balaban J connectivity index is 1.75. The summed E-state index contributed by atoms with van der Waals surface area (Å²) >= 11 is 6.05. The molecule has 5 nitrogen and oxygen atoms in total. The minimum absolute atomic E-state index is 0.382. The van der Waals surface area contributed by atoms with E-state index < -0.39 is 11.8 Å². The Morgan fingerprint density at radius 2 is 1.62 bits per heavy atom. The molecule has 0 saturated heterocycles. The van der Waals surface area contributed by atoms with Crippen LogP contribution < -0.4 is 15.4 Å². The fourth-order valence-corrected chi connectivity index (χ4v) is 2.72. The molecule has 0 radical (unpaired) electrons. The maximum absolute atomic E-state index is 12.2. The summed E-state index contributed by atoms with van der Waals surface area (Å²) in [5.74, 6) is -1.18. The van der Waals surface area contributed by atoms with Gasteiger partial charge in [0, 0.05) is 16.8 Å². The van der Waals surface area contributed by atoms with E-state index in [9.17, 15) is 9.59 Å². The van der Waals surface area contributed by atoms with E-state index in [-0.39, 0.29) is 0 Å². The van der Waals surface area contributed by atoms with Crippen LogP contribution in [0.2, 0.25) is 5.02 Å². The number of anilines is 2. The summed E-state index contributed by atoms with van der Waals surface area (Å²) < 4.78 is 5.20. The fraction of sp³-hybridized carbons (Fsp3) is 0.100. The Morgan fingerprint density at radius 1 is 0.923 bits per heavy atom. The Kier molecular flexibility index (Phi) is 5.09. The smallest absolute Gasteiger partial charge is 0.314 e. The van der Waals surface area contributed by atoms with Gasteiger partial charge < -0.3 is 15.4 Å². The third-order valence-corrected chi connectivity index (χ3v) is 4.35. The molecule has 0 aliphatic carbocycles. The van der Waals surface area contributed by atoms with Crippen molar-refractivity contribution in [1.82, 2.24) is 0 Å². The summed E-state index contributed by atoms with van der Waals surface area (Å²) in [6.07, 6.45) is 0. The van der Waals surface area contributed by atoms with E-state index in [1.807, 2.05) is 36.4 Å². The summed E-state index contributed by atoms with van der Waals surface area (Å²) in [5.41, 5.74) is 1.69. The highest BCUT2D eigenvalue weighted by atomic mass is 35.5. The van der Waals surface area contributed by atoms with Crippen LogP contribution in [0.15, 0.2) is 54.6 Å². The first-order valence-corrected chi connectivity index (χ1v) is 8.31. The molecule has 2 amide bonds. The largest absolute Gasteiger partial charge is 0.495 e. The summed E-state index contributed by atoms with van der Waals surface area (Å²) in [6, 6.07) is 16.5. The molecule has 0 aliphatic heterocycles. The Bertz CT molecular complexity index is 1000. The molecule has 3 aromatic rings. The molecular weight excluding hydrogens is 352 g/mol. The van der Waals surface area contributed by atoms with Gasteiger partial charge in [0.1, 0.15) is 5.75 Å². The number of carbonyl (C=O) groups is 2. The van der Waals surface area contributed by atoms with Crippen molar-refractivity contribution in [2.75, 3.05) is 17.7 Å². The number of benzene rings is 3. The minimum Gasteiger partial charge on any atom is -0.495 e. The van der Waals surface area contributed by atoms with Gasteiger partial charge in [-0.05, 0) is 41.5 Å². The zero-order valence-electron chi connectivity index (χ0n) is 14.3. The Labute approximate surface area is 155 Å². The van der Waals surface area contributed by atoms with Crippen molar-refractivity contribution in [3.8, 4) is 5.75 Å². The van der Waals surface area contributed by atoms with E-state index >= 15 is 0 Å². The van der Waals surface area contributed by atoms with Gasteiger partial charge in [0.25, 0.3) is 0 Å². The summed E-state index contributed by atoms with van der Waals surface area (Å²) in [5, 5.41) is 7.69. The first-order chi connectivity index (χ1) is 12.5. The molecule has 2 N–H and O–H groups in total. The molecule has 26 heavy (non-hydrogen) atoms. The standard InChI is InChI=1S/C20H17ClN2O3/c1-12-9-17(18(26-2)11-16(12)21)23-20(25)19(24)22-15-8-7-13-5-3-4-6-14(13)10-15/h3-11H,1-2H3,(H,22,24)(H,23,25). The van der Waals surface area contributed by atoms with Gasteiger partial charge in [-0.25, -0.2) is 0 Å². The number of hydrogen-bond donors (Lipinski definition) is 2. The molecule has 132 valence electrons. The first kappa shape index (κ1) is 17.8. The number of hydrogen-bond acceptors (Lipinski definition) is 3. The molecule has 0 unspecified atom stereocenters. The number of methoxy groups -OCH3 is 1. The topological polar surface area (TPSA) is 67.4 Å². The monoisotopic (exact) mass is 368 g/mol. The van der Waals surface area contributed by atoms with Gasteiger partial charge in [-0.1, -0.05) is 41.9 Å². The van der Waals surface area contributed by atoms with Gasteiger partial charge in [0.2, 0.25) is 0 Å². The number of halogens is 1. The van der Waals surface area contributed by atoms with Crippen LogP contribution >= 0.6 is 11.6 Å². The third kappa shape index (κ3) is 3.78. The van der Waals surface area contributed by atoms with E-state index in [0.717, 1.165) is 16.3 Å². The molecule has 0 spiro atoms.